The van der Waals surface area contributed by atoms with Crippen LogP contribution >= 0.6 is 0 Å². The van der Waals surface area contributed by atoms with Crippen molar-refractivity contribution in [2.24, 2.45) is 5.92 Å². The number of ketones is 1. The third-order valence-corrected chi connectivity index (χ3v) is 5.77. The van der Waals surface area contributed by atoms with Crippen molar-refractivity contribution in [3.8, 4) is 5.75 Å². The maximum atomic E-state index is 12.4. The normalized spacial score (nSPS) is 18.0. The Morgan fingerprint density at radius 3 is 2.12 bits per heavy atom. The number of aliphatic carboxylic acids is 1. The molecule has 0 heterocycles. The molecular formula is C25H29NO6. The van der Waals surface area contributed by atoms with Crippen molar-refractivity contribution in [1.82, 2.24) is 5.32 Å². The van der Waals surface area contributed by atoms with Crippen LogP contribution in [0.5, 0.6) is 5.75 Å². The zero-order chi connectivity index (χ0) is 22.9. The molecule has 0 radical (unpaired) electrons. The number of Topliss-reactive ketones (excluding diaryl/α,β-unsaturated/α-hetero) is 1. The monoisotopic (exact) mass is 439 g/mol. The fourth-order valence-corrected chi connectivity index (χ4v) is 3.80. The first kappa shape index (κ1) is 23.5. The van der Waals surface area contributed by atoms with Crippen LogP contribution in [-0.4, -0.2) is 40.5 Å². The first-order valence-electron chi connectivity index (χ1n) is 11.0. The van der Waals surface area contributed by atoms with Gasteiger partial charge in [0.15, 0.2) is 5.78 Å². The molecule has 2 aromatic carbocycles. The minimum Gasteiger partial charge on any atom is -0.490 e. The fourth-order valence-electron chi connectivity index (χ4n) is 3.80. The Kier molecular flexibility index (Phi) is 8.39. The van der Waals surface area contributed by atoms with E-state index in [0.29, 0.717) is 49.1 Å². The van der Waals surface area contributed by atoms with Crippen LogP contribution < -0.4 is 10.1 Å². The Hall–Kier alpha value is -3.19. The number of aliphatic hydroxyl groups excluding tert-OH is 1. The van der Waals surface area contributed by atoms with Crippen LogP contribution in [0.1, 0.15) is 64.8 Å². The minimum atomic E-state index is -0.734. The van der Waals surface area contributed by atoms with Gasteiger partial charge in [-0.2, -0.15) is 0 Å². The first-order valence-corrected chi connectivity index (χ1v) is 11.0. The van der Waals surface area contributed by atoms with Gasteiger partial charge in [-0.1, -0.05) is 12.1 Å². The third kappa shape index (κ3) is 6.65. The summed E-state index contributed by atoms with van der Waals surface area (Å²) < 4.78 is 5.93. The maximum Gasteiger partial charge on any atom is 0.306 e. The minimum absolute atomic E-state index is 0.0000593. The van der Waals surface area contributed by atoms with Gasteiger partial charge in [-0.15, -0.1) is 0 Å². The fraction of sp³-hybridized carbons (Fsp3) is 0.400. The van der Waals surface area contributed by atoms with Gasteiger partial charge in [0, 0.05) is 24.1 Å². The van der Waals surface area contributed by atoms with Crippen LogP contribution in [-0.2, 0) is 11.4 Å². The van der Waals surface area contributed by atoms with Crippen LogP contribution in [0, 0.1) is 5.92 Å². The highest BCUT2D eigenvalue weighted by molar-refractivity contribution is 5.96. The molecule has 0 aromatic heterocycles. The summed E-state index contributed by atoms with van der Waals surface area (Å²) in [5, 5.41) is 20.9. The average Bonchev–Trinajstić information content (AvgIpc) is 2.82. The Morgan fingerprint density at radius 2 is 1.53 bits per heavy atom. The molecule has 3 N–H and O–H groups in total. The van der Waals surface area contributed by atoms with Gasteiger partial charge >= 0.3 is 5.97 Å². The van der Waals surface area contributed by atoms with Crippen LogP contribution in [0.4, 0.5) is 0 Å². The van der Waals surface area contributed by atoms with E-state index in [0.717, 1.165) is 18.4 Å². The second-order valence-electron chi connectivity index (χ2n) is 8.09. The van der Waals surface area contributed by atoms with Crippen molar-refractivity contribution in [2.75, 3.05) is 6.54 Å². The number of benzene rings is 2. The number of rotatable bonds is 10. The smallest absolute Gasteiger partial charge is 0.306 e. The molecule has 1 aliphatic rings. The van der Waals surface area contributed by atoms with Crippen LogP contribution in [0.25, 0.3) is 0 Å². The molecule has 0 bridgehead atoms. The van der Waals surface area contributed by atoms with E-state index in [2.05, 4.69) is 5.32 Å². The predicted molar refractivity (Wildman–Crippen MR) is 119 cm³/mol. The number of carbonyl (C=O) groups excluding carboxylic acids is 2. The predicted octanol–water partition coefficient (Wildman–Crippen LogP) is 3.59. The average molecular weight is 440 g/mol. The molecule has 0 aliphatic heterocycles. The molecule has 0 spiro atoms. The molecule has 170 valence electrons. The van der Waals surface area contributed by atoms with Crippen LogP contribution in [0.2, 0.25) is 0 Å². The quantitative estimate of drug-likeness (QED) is 0.385. The Morgan fingerprint density at radius 1 is 0.906 bits per heavy atom. The Balaban J connectivity index is 1.38. The van der Waals surface area contributed by atoms with Crippen LogP contribution in [0.3, 0.4) is 0 Å². The summed E-state index contributed by atoms with van der Waals surface area (Å²) in [5.74, 6) is -0.533. The van der Waals surface area contributed by atoms with E-state index in [1.807, 2.05) is 0 Å². The Bertz CT molecular complexity index is 914. The molecule has 1 fully saturated rings. The summed E-state index contributed by atoms with van der Waals surface area (Å²) >= 11 is 0. The van der Waals surface area contributed by atoms with E-state index in [4.69, 9.17) is 14.9 Å². The topological polar surface area (TPSA) is 113 Å². The number of hydrogen-bond donors (Lipinski definition) is 3. The SMILES string of the molecule is O=C(CCCNC(=O)c1ccc(CO)cc1)c1ccc(OC2CCC(C(=O)O)CC2)cc1. The van der Waals surface area contributed by atoms with Gasteiger partial charge in [-0.3, -0.25) is 14.4 Å². The number of hydrogen-bond acceptors (Lipinski definition) is 5. The van der Waals surface area contributed by atoms with Crippen molar-refractivity contribution in [1.29, 1.82) is 0 Å². The largest absolute Gasteiger partial charge is 0.490 e. The van der Waals surface area contributed by atoms with E-state index < -0.39 is 5.97 Å². The second kappa shape index (κ2) is 11.4. The number of nitrogens with one attached hydrogen (secondary N) is 1. The lowest BCUT2D eigenvalue weighted by atomic mass is 9.87. The highest BCUT2D eigenvalue weighted by Gasteiger charge is 2.26. The van der Waals surface area contributed by atoms with Gasteiger partial charge in [0.25, 0.3) is 5.91 Å². The molecule has 2 aromatic rings. The molecule has 7 nitrogen and oxygen atoms in total. The summed E-state index contributed by atoms with van der Waals surface area (Å²) in [6.07, 6.45) is 3.55. The summed E-state index contributed by atoms with van der Waals surface area (Å²) in [6.45, 7) is 0.331. The lowest BCUT2D eigenvalue weighted by Gasteiger charge is -2.26. The number of aliphatic hydroxyl groups is 1. The van der Waals surface area contributed by atoms with Crippen molar-refractivity contribution < 1.29 is 29.3 Å². The van der Waals surface area contributed by atoms with E-state index in [1.54, 1.807) is 48.5 Å². The lowest BCUT2D eigenvalue weighted by Crippen LogP contribution is -2.27. The zero-order valence-electron chi connectivity index (χ0n) is 18.0. The third-order valence-electron chi connectivity index (χ3n) is 5.77. The number of ether oxygens (including phenoxy) is 1. The van der Waals surface area contributed by atoms with Gasteiger partial charge in [0.1, 0.15) is 5.75 Å². The maximum absolute atomic E-state index is 12.4. The molecule has 0 unspecified atom stereocenters. The van der Waals surface area contributed by atoms with E-state index in [9.17, 15) is 14.4 Å². The van der Waals surface area contributed by atoms with E-state index >= 15 is 0 Å². The molecule has 1 amide bonds. The van der Waals surface area contributed by atoms with E-state index in [-0.39, 0.29) is 30.3 Å². The molecule has 1 aliphatic carbocycles. The van der Waals surface area contributed by atoms with Crippen molar-refractivity contribution in [3.63, 3.8) is 0 Å². The van der Waals surface area contributed by atoms with Crippen molar-refractivity contribution in [2.45, 2.75) is 51.2 Å². The molecule has 1 saturated carbocycles. The summed E-state index contributed by atoms with van der Waals surface area (Å²) in [6, 6.07) is 13.7. The highest BCUT2D eigenvalue weighted by atomic mass is 16.5. The standard InChI is InChI=1S/C25H29NO6/c27-16-17-3-5-19(6-4-17)24(29)26-15-1-2-23(28)18-7-11-21(12-8-18)32-22-13-9-20(10-14-22)25(30)31/h3-8,11-12,20,22,27H,1-2,9-10,13-16H2,(H,26,29)(H,30,31). The number of carboxylic acid groups (broad SMARTS) is 1. The summed E-state index contributed by atoms with van der Waals surface area (Å²) in [7, 11) is 0. The highest BCUT2D eigenvalue weighted by Crippen LogP contribution is 2.28. The molecule has 3 rings (SSSR count). The molecule has 7 heteroatoms. The van der Waals surface area contributed by atoms with Crippen molar-refractivity contribution >= 4 is 17.7 Å². The number of amides is 1. The molecular weight excluding hydrogens is 410 g/mol. The molecule has 0 saturated heterocycles. The van der Waals surface area contributed by atoms with Crippen LogP contribution in [0.15, 0.2) is 48.5 Å². The second-order valence-corrected chi connectivity index (χ2v) is 8.09. The molecule has 0 atom stereocenters. The van der Waals surface area contributed by atoms with Gasteiger partial charge in [0.05, 0.1) is 18.6 Å². The Labute approximate surface area is 187 Å². The number of carboxylic acids is 1. The summed E-state index contributed by atoms with van der Waals surface area (Å²) in [5.41, 5.74) is 1.85. The number of carbonyl (C=O) groups is 3. The van der Waals surface area contributed by atoms with Crippen molar-refractivity contribution in [3.05, 3.63) is 65.2 Å². The first-order chi connectivity index (χ1) is 15.5. The summed E-state index contributed by atoms with van der Waals surface area (Å²) in [4.78, 5) is 35.5. The zero-order valence-corrected chi connectivity index (χ0v) is 18.0. The van der Waals surface area contributed by atoms with Gasteiger partial charge in [-0.05, 0) is 74.1 Å². The van der Waals surface area contributed by atoms with E-state index in [1.165, 1.54) is 0 Å². The lowest BCUT2D eigenvalue weighted by molar-refractivity contribution is -0.143. The molecule has 32 heavy (non-hydrogen) atoms. The van der Waals surface area contributed by atoms with Gasteiger partial charge < -0.3 is 20.3 Å². The van der Waals surface area contributed by atoms with Gasteiger partial charge in [-0.25, -0.2) is 0 Å². The van der Waals surface area contributed by atoms with Gasteiger partial charge in [0.2, 0.25) is 0 Å².